The number of fused-ring (bicyclic) bond motifs is 1. The van der Waals surface area contributed by atoms with Gasteiger partial charge in [-0.1, -0.05) is 60.2 Å². The molecule has 4 aromatic rings. The SMILES string of the molecule is Cc1ccc(OCCn2c(CNC(=O)CCc3ccccc3)nc3ccccc32)c(C)c1. The summed E-state index contributed by atoms with van der Waals surface area (Å²) in [5.41, 5.74) is 5.49. The van der Waals surface area contributed by atoms with E-state index in [0.717, 1.165) is 34.6 Å². The number of rotatable bonds is 9. The number of amides is 1. The first-order chi connectivity index (χ1) is 15.6. The molecule has 0 aliphatic carbocycles. The van der Waals surface area contributed by atoms with Gasteiger partial charge in [0.05, 0.1) is 24.1 Å². The van der Waals surface area contributed by atoms with Crippen molar-refractivity contribution in [3.8, 4) is 5.75 Å². The van der Waals surface area contributed by atoms with Crippen molar-refractivity contribution in [2.75, 3.05) is 6.61 Å². The molecule has 0 saturated carbocycles. The van der Waals surface area contributed by atoms with Crippen molar-refractivity contribution in [3.63, 3.8) is 0 Å². The van der Waals surface area contributed by atoms with Crippen LogP contribution >= 0.6 is 0 Å². The molecule has 1 heterocycles. The van der Waals surface area contributed by atoms with Crippen molar-refractivity contribution in [1.82, 2.24) is 14.9 Å². The van der Waals surface area contributed by atoms with Crippen LogP contribution in [0.15, 0.2) is 72.8 Å². The quantitative estimate of drug-likeness (QED) is 0.410. The fraction of sp³-hybridized carbons (Fsp3) is 0.259. The lowest BCUT2D eigenvalue weighted by atomic mass is 10.1. The zero-order valence-corrected chi connectivity index (χ0v) is 18.7. The molecule has 1 amide bonds. The molecular weight excluding hydrogens is 398 g/mol. The second-order valence-corrected chi connectivity index (χ2v) is 8.05. The normalized spacial score (nSPS) is 10.9. The third kappa shape index (κ3) is 5.35. The molecule has 0 fully saturated rings. The Morgan fingerprint density at radius 2 is 1.78 bits per heavy atom. The van der Waals surface area contributed by atoms with E-state index in [0.29, 0.717) is 26.1 Å². The molecule has 1 N–H and O–H groups in total. The monoisotopic (exact) mass is 427 g/mol. The van der Waals surface area contributed by atoms with Gasteiger partial charge in [0.1, 0.15) is 18.2 Å². The molecule has 0 radical (unpaired) electrons. The third-order valence-electron chi connectivity index (χ3n) is 5.56. The number of aryl methyl sites for hydroxylation is 3. The maximum atomic E-state index is 12.4. The number of imidazole rings is 1. The van der Waals surface area contributed by atoms with E-state index < -0.39 is 0 Å². The lowest BCUT2D eigenvalue weighted by Gasteiger charge is -2.13. The van der Waals surface area contributed by atoms with Crippen LogP contribution in [0.1, 0.15) is 28.9 Å². The van der Waals surface area contributed by atoms with Gasteiger partial charge in [-0.25, -0.2) is 4.98 Å². The summed E-state index contributed by atoms with van der Waals surface area (Å²) >= 11 is 0. The molecule has 4 rings (SSSR count). The number of aromatic nitrogens is 2. The van der Waals surface area contributed by atoms with E-state index in [1.807, 2.05) is 54.6 Å². The molecule has 5 heteroatoms. The summed E-state index contributed by atoms with van der Waals surface area (Å²) in [4.78, 5) is 17.2. The Morgan fingerprint density at radius 3 is 2.59 bits per heavy atom. The first kappa shape index (κ1) is 21.6. The van der Waals surface area contributed by atoms with Crippen LogP contribution in [-0.4, -0.2) is 22.1 Å². The van der Waals surface area contributed by atoms with Crippen LogP contribution in [0, 0.1) is 13.8 Å². The molecule has 0 saturated heterocycles. The van der Waals surface area contributed by atoms with Gasteiger partial charge in [0.25, 0.3) is 0 Å². The van der Waals surface area contributed by atoms with Gasteiger partial charge in [0.2, 0.25) is 5.91 Å². The van der Waals surface area contributed by atoms with Crippen LogP contribution in [0.5, 0.6) is 5.75 Å². The summed E-state index contributed by atoms with van der Waals surface area (Å²) in [5, 5.41) is 3.03. The largest absolute Gasteiger partial charge is 0.491 e. The van der Waals surface area contributed by atoms with Crippen molar-refractivity contribution in [2.24, 2.45) is 0 Å². The van der Waals surface area contributed by atoms with Crippen LogP contribution in [0.3, 0.4) is 0 Å². The number of nitrogens with zero attached hydrogens (tertiary/aromatic N) is 2. The predicted molar refractivity (Wildman–Crippen MR) is 128 cm³/mol. The molecule has 0 aliphatic rings. The summed E-state index contributed by atoms with van der Waals surface area (Å²) in [6.45, 7) is 5.72. The molecule has 0 aliphatic heterocycles. The molecule has 0 spiro atoms. The molecule has 1 aromatic heterocycles. The smallest absolute Gasteiger partial charge is 0.220 e. The van der Waals surface area contributed by atoms with Crippen molar-refractivity contribution in [3.05, 3.63) is 95.3 Å². The van der Waals surface area contributed by atoms with E-state index in [4.69, 9.17) is 9.72 Å². The highest BCUT2D eigenvalue weighted by Crippen LogP contribution is 2.20. The Kier molecular flexibility index (Phi) is 6.85. The molecule has 3 aromatic carbocycles. The van der Waals surface area contributed by atoms with Gasteiger partial charge in [-0.15, -0.1) is 0 Å². The van der Waals surface area contributed by atoms with Crippen molar-refractivity contribution in [2.45, 2.75) is 39.8 Å². The number of ether oxygens (including phenoxy) is 1. The van der Waals surface area contributed by atoms with Crippen LogP contribution in [-0.2, 0) is 24.3 Å². The highest BCUT2D eigenvalue weighted by Gasteiger charge is 2.12. The summed E-state index contributed by atoms with van der Waals surface area (Å²) in [5.74, 6) is 1.76. The molecule has 0 unspecified atom stereocenters. The van der Waals surface area contributed by atoms with Crippen LogP contribution in [0.4, 0.5) is 0 Å². The van der Waals surface area contributed by atoms with Crippen molar-refractivity contribution >= 4 is 16.9 Å². The van der Waals surface area contributed by atoms with Gasteiger partial charge < -0.3 is 14.6 Å². The topological polar surface area (TPSA) is 56.1 Å². The average Bonchev–Trinajstić information content (AvgIpc) is 3.16. The Labute approximate surface area is 189 Å². The van der Waals surface area contributed by atoms with Gasteiger partial charge in [0, 0.05) is 6.42 Å². The van der Waals surface area contributed by atoms with E-state index in [1.54, 1.807) is 0 Å². The van der Waals surface area contributed by atoms with E-state index in [-0.39, 0.29) is 5.91 Å². The van der Waals surface area contributed by atoms with Gasteiger partial charge in [-0.2, -0.15) is 0 Å². The number of para-hydroxylation sites is 2. The molecule has 5 nitrogen and oxygen atoms in total. The summed E-state index contributed by atoms with van der Waals surface area (Å²) in [7, 11) is 0. The molecule has 32 heavy (non-hydrogen) atoms. The van der Waals surface area contributed by atoms with E-state index >= 15 is 0 Å². The van der Waals surface area contributed by atoms with Gasteiger partial charge >= 0.3 is 0 Å². The summed E-state index contributed by atoms with van der Waals surface area (Å²) < 4.78 is 8.18. The van der Waals surface area contributed by atoms with E-state index in [9.17, 15) is 4.79 Å². The maximum absolute atomic E-state index is 12.4. The third-order valence-corrected chi connectivity index (χ3v) is 5.56. The first-order valence-electron chi connectivity index (χ1n) is 11.0. The molecule has 0 atom stereocenters. The second-order valence-electron chi connectivity index (χ2n) is 8.05. The molecular formula is C27H29N3O2. The fourth-order valence-electron chi connectivity index (χ4n) is 3.89. The minimum absolute atomic E-state index is 0.0268. The van der Waals surface area contributed by atoms with Crippen LogP contribution in [0.2, 0.25) is 0 Å². The zero-order valence-electron chi connectivity index (χ0n) is 18.7. The number of carbonyl (C=O) groups is 1. The van der Waals surface area contributed by atoms with Crippen LogP contribution in [0.25, 0.3) is 11.0 Å². The van der Waals surface area contributed by atoms with Gasteiger partial charge in [-0.3, -0.25) is 4.79 Å². The van der Waals surface area contributed by atoms with Crippen LogP contribution < -0.4 is 10.1 Å². The molecule has 0 bridgehead atoms. The zero-order chi connectivity index (χ0) is 22.3. The average molecular weight is 428 g/mol. The Bertz CT molecular complexity index is 1200. The Hall–Kier alpha value is -3.60. The number of benzene rings is 3. The summed E-state index contributed by atoms with van der Waals surface area (Å²) in [6, 6.07) is 24.3. The van der Waals surface area contributed by atoms with E-state index in [2.05, 4.69) is 41.9 Å². The minimum atomic E-state index is 0.0268. The number of nitrogens with one attached hydrogen (secondary N) is 1. The van der Waals surface area contributed by atoms with Gasteiger partial charge in [-0.05, 0) is 49.6 Å². The second kappa shape index (κ2) is 10.1. The Morgan fingerprint density at radius 1 is 1.00 bits per heavy atom. The standard InChI is InChI=1S/C27H29N3O2/c1-20-12-14-25(21(2)18-20)32-17-16-30-24-11-7-6-10-23(24)29-26(30)19-28-27(31)15-13-22-8-4-3-5-9-22/h3-12,14,18H,13,15-17,19H2,1-2H3,(H,28,31). The minimum Gasteiger partial charge on any atom is -0.491 e. The van der Waals surface area contributed by atoms with Crippen molar-refractivity contribution < 1.29 is 9.53 Å². The maximum Gasteiger partial charge on any atom is 0.220 e. The lowest BCUT2D eigenvalue weighted by molar-refractivity contribution is -0.121. The number of hydrogen-bond donors (Lipinski definition) is 1. The highest BCUT2D eigenvalue weighted by atomic mass is 16.5. The predicted octanol–water partition coefficient (Wildman–Crippen LogP) is 4.98. The summed E-state index contributed by atoms with van der Waals surface area (Å²) in [6.07, 6.45) is 1.19. The lowest BCUT2D eigenvalue weighted by Crippen LogP contribution is -2.25. The Balaban J connectivity index is 1.40. The number of carbonyl (C=O) groups excluding carboxylic acids is 1. The first-order valence-corrected chi connectivity index (χ1v) is 11.0. The fourth-order valence-corrected chi connectivity index (χ4v) is 3.89. The molecule has 164 valence electrons. The van der Waals surface area contributed by atoms with Crippen molar-refractivity contribution in [1.29, 1.82) is 0 Å². The van der Waals surface area contributed by atoms with Gasteiger partial charge in [0.15, 0.2) is 0 Å². The highest BCUT2D eigenvalue weighted by molar-refractivity contribution is 5.77. The number of hydrogen-bond acceptors (Lipinski definition) is 3. The van der Waals surface area contributed by atoms with E-state index in [1.165, 1.54) is 11.1 Å².